The molecule has 1 heterocycles. The van der Waals surface area contributed by atoms with Gasteiger partial charge in [0.25, 0.3) is 0 Å². The number of nitrogens with zero attached hydrogens (tertiary/aromatic N) is 2. The van der Waals surface area contributed by atoms with E-state index in [1.165, 1.54) is 11.7 Å². The number of benzene rings is 1. The maximum Gasteiger partial charge on any atom is 0.351 e. The largest absolute Gasteiger partial charge is 0.351 e. The third-order valence-corrected chi connectivity index (χ3v) is 2.45. The quantitative estimate of drug-likeness (QED) is 0.758. The van der Waals surface area contributed by atoms with Crippen LogP contribution in [0.3, 0.4) is 0 Å². The zero-order valence-electron chi connectivity index (χ0n) is 9.44. The molecule has 0 fully saturated rings. The molecule has 84 valence electrons. The van der Waals surface area contributed by atoms with Crippen LogP contribution in [0, 0.1) is 13.8 Å². The van der Waals surface area contributed by atoms with Gasteiger partial charge < -0.3 is 0 Å². The molecule has 1 aromatic carbocycles. The molecule has 16 heavy (non-hydrogen) atoms. The lowest BCUT2D eigenvalue weighted by molar-refractivity contribution is 0.794. The molecule has 1 N–H and O–H groups in total. The number of aromatic nitrogens is 3. The minimum atomic E-state index is -0.413. The summed E-state index contributed by atoms with van der Waals surface area (Å²) in [4.78, 5) is 23.0. The summed E-state index contributed by atoms with van der Waals surface area (Å²) in [6, 6.07) is 5.71. The maximum absolute atomic E-state index is 11.7. The highest BCUT2D eigenvalue weighted by atomic mass is 16.2. The summed E-state index contributed by atoms with van der Waals surface area (Å²) in [6.07, 6.45) is 0. The topological polar surface area (TPSA) is 59.8 Å². The van der Waals surface area contributed by atoms with Crippen molar-refractivity contribution in [2.45, 2.75) is 13.8 Å². The van der Waals surface area contributed by atoms with Gasteiger partial charge in [-0.3, -0.25) is 0 Å². The van der Waals surface area contributed by atoms with Gasteiger partial charge in [-0.2, -0.15) is 0 Å². The first-order chi connectivity index (χ1) is 7.49. The standard InChI is InChI=1S/C11H13N3O2/c1-7-4-8(2)6-9(5-7)14-11(16)13(3)10(15)12-14/h4-6H,1-3H3,(H,12,15). The van der Waals surface area contributed by atoms with Gasteiger partial charge >= 0.3 is 11.4 Å². The molecule has 0 aliphatic rings. The number of aromatic amines is 1. The van der Waals surface area contributed by atoms with E-state index in [1.807, 2.05) is 32.0 Å². The molecule has 0 atom stereocenters. The zero-order valence-corrected chi connectivity index (χ0v) is 9.44. The number of hydrogen-bond donors (Lipinski definition) is 1. The van der Waals surface area contributed by atoms with E-state index in [0.29, 0.717) is 5.69 Å². The van der Waals surface area contributed by atoms with Crippen molar-refractivity contribution in [3.8, 4) is 5.69 Å². The lowest BCUT2D eigenvalue weighted by Gasteiger charge is -2.03. The molecule has 0 amide bonds. The van der Waals surface area contributed by atoms with E-state index in [0.717, 1.165) is 15.7 Å². The Morgan fingerprint density at radius 1 is 1.06 bits per heavy atom. The van der Waals surface area contributed by atoms with E-state index in [1.54, 1.807) is 0 Å². The van der Waals surface area contributed by atoms with E-state index >= 15 is 0 Å². The van der Waals surface area contributed by atoms with Crippen molar-refractivity contribution in [2.24, 2.45) is 7.05 Å². The molecular formula is C11H13N3O2. The first-order valence-electron chi connectivity index (χ1n) is 4.96. The van der Waals surface area contributed by atoms with Crippen molar-refractivity contribution in [3.05, 3.63) is 50.3 Å². The van der Waals surface area contributed by atoms with E-state index in [-0.39, 0.29) is 5.69 Å². The fraction of sp³-hybridized carbons (Fsp3) is 0.273. The molecule has 0 unspecified atom stereocenters. The summed E-state index contributed by atoms with van der Waals surface area (Å²) in [5, 5.41) is 2.49. The van der Waals surface area contributed by atoms with Gasteiger partial charge in [0.05, 0.1) is 5.69 Å². The van der Waals surface area contributed by atoms with Crippen LogP contribution in [0.4, 0.5) is 0 Å². The zero-order chi connectivity index (χ0) is 11.9. The Morgan fingerprint density at radius 2 is 1.62 bits per heavy atom. The second kappa shape index (κ2) is 3.52. The average molecular weight is 219 g/mol. The third kappa shape index (κ3) is 1.60. The highest BCUT2D eigenvalue weighted by Crippen LogP contribution is 2.10. The van der Waals surface area contributed by atoms with Gasteiger partial charge in [-0.15, -0.1) is 0 Å². The Morgan fingerprint density at radius 3 is 2.06 bits per heavy atom. The summed E-state index contributed by atoms with van der Waals surface area (Å²) < 4.78 is 2.29. The molecular weight excluding hydrogens is 206 g/mol. The predicted molar refractivity (Wildman–Crippen MR) is 61.1 cm³/mol. The van der Waals surface area contributed by atoms with Gasteiger partial charge in [0.2, 0.25) is 0 Å². The maximum atomic E-state index is 11.7. The molecule has 1 aromatic heterocycles. The Labute approximate surface area is 91.9 Å². The summed E-state index contributed by atoms with van der Waals surface area (Å²) >= 11 is 0. The number of rotatable bonds is 1. The fourth-order valence-electron chi connectivity index (χ4n) is 1.71. The van der Waals surface area contributed by atoms with Gasteiger partial charge in [0.15, 0.2) is 0 Å². The van der Waals surface area contributed by atoms with E-state index in [9.17, 15) is 9.59 Å². The van der Waals surface area contributed by atoms with Crippen molar-refractivity contribution in [3.63, 3.8) is 0 Å². The minimum absolute atomic E-state index is 0.366. The molecule has 5 heteroatoms. The van der Waals surface area contributed by atoms with Crippen LogP contribution < -0.4 is 11.4 Å². The predicted octanol–water partition coefficient (Wildman–Crippen LogP) is 0.481. The first-order valence-corrected chi connectivity index (χ1v) is 4.96. The van der Waals surface area contributed by atoms with Gasteiger partial charge in [0, 0.05) is 7.05 Å². The van der Waals surface area contributed by atoms with E-state index < -0.39 is 5.69 Å². The minimum Gasteiger partial charge on any atom is -0.246 e. The summed E-state index contributed by atoms with van der Waals surface area (Å²) in [7, 11) is 1.44. The number of aryl methyl sites for hydroxylation is 2. The van der Waals surface area contributed by atoms with Gasteiger partial charge in [-0.1, -0.05) is 6.07 Å². The van der Waals surface area contributed by atoms with E-state index in [4.69, 9.17) is 0 Å². The molecule has 0 saturated heterocycles. The Hall–Kier alpha value is -2.04. The monoisotopic (exact) mass is 219 g/mol. The number of nitrogens with one attached hydrogen (secondary N) is 1. The van der Waals surface area contributed by atoms with Crippen molar-refractivity contribution in [2.75, 3.05) is 0 Å². The molecule has 0 aliphatic carbocycles. The van der Waals surface area contributed by atoms with Crippen molar-refractivity contribution in [1.29, 1.82) is 0 Å². The van der Waals surface area contributed by atoms with Crippen LogP contribution >= 0.6 is 0 Å². The Balaban J connectivity index is 2.72. The summed E-state index contributed by atoms with van der Waals surface area (Å²) in [6.45, 7) is 3.89. The van der Waals surface area contributed by atoms with E-state index in [2.05, 4.69) is 5.10 Å². The Bertz CT molecular complexity index is 626. The fourth-order valence-corrected chi connectivity index (χ4v) is 1.71. The number of H-pyrrole nitrogens is 1. The second-order valence-corrected chi connectivity index (χ2v) is 3.94. The number of hydrogen-bond acceptors (Lipinski definition) is 2. The molecule has 0 bridgehead atoms. The average Bonchev–Trinajstić information content (AvgIpc) is 2.44. The third-order valence-electron chi connectivity index (χ3n) is 2.45. The normalized spacial score (nSPS) is 10.7. The van der Waals surface area contributed by atoms with Crippen LogP contribution in [-0.2, 0) is 7.05 Å². The van der Waals surface area contributed by atoms with Crippen LogP contribution in [0.25, 0.3) is 5.69 Å². The van der Waals surface area contributed by atoms with Crippen LogP contribution in [0.15, 0.2) is 27.8 Å². The van der Waals surface area contributed by atoms with Crippen LogP contribution in [0.1, 0.15) is 11.1 Å². The van der Waals surface area contributed by atoms with Gasteiger partial charge in [-0.25, -0.2) is 23.9 Å². The van der Waals surface area contributed by atoms with Crippen molar-refractivity contribution in [1.82, 2.24) is 14.3 Å². The smallest absolute Gasteiger partial charge is 0.246 e. The van der Waals surface area contributed by atoms with Gasteiger partial charge in [0.1, 0.15) is 0 Å². The highest BCUT2D eigenvalue weighted by Gasteiger charge is 2.07. The van der Waals surface area contributed by atoms with Crippen LogP contribution in [0.5, 0.6) is 0 Å². The lowest BCUT2D eigenvalue weighted by atomic mass is 10.1. The molecule has 0 aliphatic heterocycles. The molecule has 5 nitrogen and oxygen atoms in total. The molecule has 2 rings (SSSR count). The van der Waals surface area contributed by atoms with Crippen molar-refractivity contribution < 1.29 is 0 Å². The van der Waals surface area contributed by atoms with Gasteiger partial charge in [-0.05, 0) is 37.1 Å². The lowest BCUT2D eigenvalue weighted by Crippen LogP contribution is -2.25. The SMILES string of the molecule is Cc1cc(C)cc(-n2[nH]c(=O)n(C)c2=O)c1. The molecule has 0 spiro atoms. The molecule has 0 radical (unpaired) electrons. The van der Waals surface area contributed by atoms with Crippen LogP contribution in [0.2, 0.25) is 0 Å². The first kappa shape index (κ1) is 10.5. The summed E-state index contributed by atoms with van der Waals surface area (Å²) in [5.41, 5.74) is 2.00. The molecule has 0 saturated carbocycles. The second-order valence-electron chi connectivity index (χ2n) is 3.94. The van der Waals surface area contributed by atoms with Crippen LogP contribution in [-0.4, -0.2) is 14.3 Å². The molecule has 2 aromatic rings. The van der Waals surface area contributed by atoms with Crippen molar-refractivity contribution >= 4 is 0 Å². The highest BCUT2D eigenvalue weighted by molar-refractivity contribution is 5.38. The Kier molecular flexibility index (Phi) is 2.30. The summed E-state index contributed by atoms with van der Waals surface area (Å²) in [5.74, 6) is 0.